The van der Waals surface area contributed by atoms with Crippen molar-refractivity contribution in [2.45, 2.75) is 18.9 Å². The highest BCUT2D eigenvalue weighted by molar-refractivity contribution is 9.11. The van der Waals surface area contributed by atoms with Crippen LogP contribution in [0.2, 0.25) is 0 Å². The third-order valence-electron chi connectivity index (χ3n) is 4.99. The molecule has 12 heteroatoms. The molecule has 1 aliphatic carbocycles. The van der Waals surface area contributed by atoms with Crippen molar-refractivity contribution in [1.82, 2.24) is 16.0 Å². The number of aliphatic hydroxyl groups is 1. The molecule has 0 radical (unpaired) electrons. The molecule has 0 saturated heterocycles. The van der Waals surface area contributed by atoms with E-state index in [1.54, 1.807) is 24.3 Å². The first-order valence-corrected chi connectivity index (χ1v) is 11.3. The third-order valence-corrected chi connectivity index (χ3v) is 5.89. The maximum Gasteiger partial charge on any atom is 0.305 e. The Morgan fingerprint density at radius 1 is 1.33 bits per heavy atom. The van der Waals surface area contributed by atoms with Crippen molar-refractivity contribution < 1.29 is 24.6 Å². The maximum atomic E-state index is 12.5. The number of amides is 2. The first-order chi connectivity index (χ1) is 15.7. The van der Waals surface area contributed by atoms with Gasteiger partial charge >= 0.3 is 5.97 Å². The third kappa shape index (κ3) is 6.96. The highest BCUT2D eigenvalue weighted by atomic mass is 79.9. The zero-order valence-electron chi connectivity index (χ0n) is 17.4. The fraction of sp³-hybridized carbons (Fsp3) is 0.333. The molecule has 1 unspecified atom stereocenters. The lowest BCUT2D eigenvalue weighted by atomic mass is 9.88. The molecule has 176 valence electrons. The number of carbonyl (C=O) groups excluding carboxylic acids is 2. The Morgan fingerprint density at radius 2 is 2.12 bits per heavy atom. The summed E-state index contributed by atoms with van der Waals surface area (Å²) in [5.41, 5.74) is 0.999. The molecule has 1 aromatic carbocycles. The molecule has 1 aromatic rings. The molecule has 2 amide bonds. The summed E-state index contributed by atoms with van der Waals surface area (Å²) < 4.78 is 0.328. The Kier molecular flexibility index (Phi) is 8.34. The molecular formula is C21H23BrClN5O5. The highest BCUT2D eigenvalue weighted by Gasteiger charge is 2.32. The first kappa shape index (κ1) is 24.6. The van der Waals surface area contributed by atoms with Crippen LogP contribution in [0.25, 0.3) is 0 Å². The topological polar surface area (TPSA) is 152 Å². The fourth-order valence-corrected chi connectivity index (χ4v) is 4.42. The number of anilines is 1. The molecule has 0 aromatic heterocycles. The lowest BCUT2D eigenvalue weighted by Gasteiger charge is -2.29. The summed E-state index contributed by atoms with van der Waals surface area (Å²) in [6, 6.07) is 5.79. The lowest BCUT2D eigenvalue weighted by molar-refractivity contribution is -0.138. The van der Waals surface area contributed by atoms with Gasteiger partial charge in [0, 0.05) is 34.8 Å². The van der Waals surface area contributed by atoms with Crippen LogP contribution >= 0.6 is 27.5 Å². The number of guanidine groups is 1. The largest absolute Gasteiger partial charge is 0.511 e. The average molecular weight is 541 g/mol. The van der Waals surface area contributed by atoms with Gasteiger partial charge in [0.1, 0.15) is 5.76 Å². The number of aliphatic carboxylic acids is 1. The van der Waals surface area contributed by atoms with Crippen LogP contribution in [0.5, 0.6) is 0 Å². The van der Waals surface area contributed by atoms with Gasteiger partial charge in [-0.15, -0.1) is 0 Å². The second kappa shape index (κ2) is 11.2. The SMILES string of the molecule is O=C(O)C[C@@H](NC(=O)CNC(=O)c1cccc(NC2=NCCN2)c1)C1CC(Cl)=CC(Br)=C1O. The minimum atomic E-state index is -1.15. The van der Waals surface area contributed by atoms with E-state index in [-0.39, 0.29) is 18.7 Å². The van der Waals surface area contributed by atoms with Gasteiger partial charge in [0.05, 0.1) is 24.0 Å². The Balaban J connectivity index is 1.59. The number of hydrogen-bond acceptors (Lipinski definition) is 7. The molecule has 2 atom stereocenters. The van der Waals surface area contributed by atoms with Gasteiger partial charge in [0.25, 0.3) is 5.91 Å². The van der Waals surface area contributed by atoms with Gasteiger partial charge < -0.3 is 31.5 Å². The minimum absolute atomic E-state index is 0.0966. The van der Waals surface area contributed by atoms with E-state index in [1.807, 2.05) is 0 Å². The number of rotatable bonds is 8. The fourth-order valence-electron chi connectivity index (χ4n) is 3.45. The van der Waals surface area contributed by atoms with Crippen LogP contribution in [0.4, 0.5) is 5.69 Å². The minimum Gasteiger partial charge on any atom is -0.511 e. The highest BCUT2D eigenvalue weighted by Crippen LogP contribution is 2.35. The zero-order valence-corrected chi connectivity index (χ0v) is 19.7. The number of nitrogens with zero attached hydrogens (tertiary/aromatic N) is 1. The molecule has 10 nitrogen and oxygen atoms in total. The van der Waals surface area contributed by atoms with Crippen molar-refractivity contribution in [2.75, 3.05) is 25.0 Å². The number of halogens is 2. The predicted octanol–water partition coefficient (Wildman–Crippen LogP) is 2.05. The van der Waals surface area contributed by atoms with E-state index >= 15 is 0 Å². The molecule has 1 heterocycles. The van der Waals surface area contributed by atoms with E-state index < -0.39 is 36.2 Å². The van der Waals surface area contributed by atoms with Crippen molar-refractivity contribution in [2.24, 2.45) is 10.9 Å². The predicted molar refractivity (Wildman–Crippen MR) is 128 cm³/mol. The maximum absolute atomic E-state index is 12.5. The summed E-state index contributed by atoms with van der Waals surface area (Å²) in [5.74, 6) is -2.41. The zero-order chi connectivity index (χ0) is 24.0. The summed E-state index contributed by atoms with van der Waals surface area (Å²) in [5, 5.41) is 31.2. The number of carboxylic acids is 1. The van der Waals surface area contributed by atoms with E-state index in [2.05, 4.69) is 42.2 Å². The van der Waals surface area contributed by atoms with Crippen molar-refractivity contribution in [3.8, 4) is 0 Å². The van der Waals surface area contributed by atoms with Gasteiger partial charge in [0.15, 0.2) is 5.96 Å². The summed E-state index contributed by atoms with van der Waals surface area (Å²) in [6.45, 7) is 1.05. The van der Waals surface area contributed by atoms with E-state index in [4.69, 9.17) is 11.6 Å². The molecule has 6 N–H and O–H groups in total. The van der Waals surface area contributed by atoms with Crippen LogP contribution in [-0.2, 0) is 9.59 Å². The standard InChI is InChI=1S/C21H23BrClN5O5/c22-15-8-12(23)7-14(19(15)32)16(9-18(30)31)28-17(29)10-26-20(33)11-2-1-3-13(6-11)27-21-24-4-5-25-21/h1-3,6,8,14,16,32H,4-5,7,9-10H2,(H,26,33)(H,28,29)(H,30,31)(H2,24,25,27)/t14?,16-/m1/s1. The number of hydrogen-bond donors (Lipinski definition) is 6. The van der Waals surface area contributed by atoms with Crippen LogP contribution in [0.15, 0.2) is 50.6 Å². The van der Waals surface area contributed by atoms with Crippen LogP contribution in [0, 0.1) is 5.92 Å². The van der Waals surface area contributed by atoms with E-state index in [0.29, 0.717) is 33.3 Å². The van der Waals surface area contributed by atoms with Gasteiger partial charge in [-0.25, -0.2) is 0 Å². The van der Waals surface area contributed by atoms with Crippen LogP contribution < -0.4 is 21.3 Å². The summed E-state index contributed by atoms with van der Waals surface area (Å²) in [4.78, 5) is 40.5. The molecule has 0 bridgehead atoms. The monoisotopic (exact) mass is 539 g/mol. The number of aliphatic imine (C=N–C) groups is 1. The normalized spacial score (nSPS) is 18.5. The van der Waals surface area contributed by atoms with Gasteiger partial charge in [-0.3, -0.25) is 19.4 Å². The molecule has 0 fully saturated rings. The van der Waals surface area contributed by atoms with Gasteiger partial charge in [0.2, 0.25) is 5.91 Å². The van der Waals surface area contributed by atoms with Crippen molar-refractivity contribution in [1.29, 1.82) is 0 Å². The average Bonchev–Trinajstić information content (AvgIpc) is 3.27. The Labute approximate surface area is 203 Å². The smallest absolute Gasteiger partial charge is 0.305 e. The molecule has 3 rings (SSSR count). The molecule has 0 saturated carbocycles. The van der Waals surface area contributed by atoms with Crippen LogP contribution in [-0.4, -0.2) is 59.6 Å². The Bertz CT molecular complexity index is 1040. The second-order valence-electron chi connectivity index (χ2n) is 7.45. The van der Waals surface area contributed by atoms with Crippen molar-refractivity contribution in [3.05, 3.63) is 51.2 Å². The summed E-state index contributed by atoms with van der Waals surface area (Å²) in [7, 11) is 0. The van der Waals surface area contributed by atoms with E-state index in [0.717, 1.165) is 6.54 Å². The van der Waals surface area contributed by atoms with Gasteiger partial charge in [-0.2, -0.15) is 0 Å². The Hall–Kier alpha value is -3.05. The molecule has 2 aliphatic rings. The van der Waals surface area contributed by atoms with Crippen LogP contribution in [0.1, 0.15) is 23.2 Å². The number of benzene rings is 1. The lowest BCUT2D eigenvalue weighted by Crippen LogP contribution is -2.47. The summed E-state index contributed by atoms with van der Waals surface area (Å²) >= 11 is 9.26. The number of nitrogens with one attached hydrogen (secondary N) is 4. The number of allylic oxidation sites excluding steroid dienone is 3. The number of carboxylic acid groups (broad SMARTS) is 1. The molecule has 1 aliphatic heterocycles. The van der Waals surface area contributed by atoms with Crippen LogP contribution in [0.3, 0.4) is 0 Å². The van der Waals surface area contributed by atoms with E-state index in [1.165, 1.54) is 6.08 Å². The van der Waals surface area contributed by atoms with Crippen molar-refractivity contribution in [3.63, 3.8) is 0 Å². The molecular weight excluding hydrogens is 518 g/mol. The molecule has 33 heavy (non-hydrogen) atoms. The van der Waals surface area contributed by atoms with Gasteiger partial charge in [-0.1, -0.05) is 17.7 Å². The molecule has 0 spiro atoms. The first-order valence-electron chi connectivity index (χ1n) is 10.1. The quantitative estimate of drug-likeness (QED) is 0.295. The second-order valence-corrected chi connectivity index (χ2v) is 8.79. The summed E-state index contributed by atoms with van der Waals surface area (Å²) in [6.07, 6.45) is 1.27. The van der Waals surface area contributed by atoms with E-state index in [9.17, 15) is 24.6 Å². The number of carbonyl (C=O) groups is 3. The van der Waals surface area contributed by atoms with Gasteiger partial charge in [-0.05, 0) is 46.6 Å². The van der Waals surface area contributed by atoms with Crippen molar-refractivity contribution >= 4 is 57.0 Å². The Morgan fingerprint density at radius 3 is 2.82 bits per heavy atom. The number of aliphatic hydroxyl groups excluding tert-OH is 1.